The molecule has 5 heteroatoms. The maximum Gasteiger partial charge on any atom is 0.271 e. The highest BCUT2D eigenvalue weighted by Gasteiger charge is 2.66. The highest BCUT2D eigenvalue weighted by molar-refractivity contribution is 6.53. The fourth-order valence-electron chi connectivity index (χ4n) is 2.42. The van der Waals surface area contributed by atoms with Crippen LogP contribution >= 0.6 is 23.2 Å². The van der Waals surface area contributed by atoms with E-state index in [-0.39, 0.29) is 5.91 Å². The van der Waals surface area contributed by atoms with Gasteiger partial charge in [-0.25, -0.2) is 5.43 Å². The Hall–Kier alpha value is -1.84. The average Bonchev–Trinajstić information content (AvgIpc) is 3.11. The van der Waals surface area contributed by atoms with Gasteiger partial charge in [-0.05, 0) is 24.1 Å². The van der Waals surface area contributed by atoms with Crippen molar-refractivity contribution in [2.24, 2.45) is 5.10 Å². The Morgan fingerprint density at radius 1 is 1.05 bits per heavy atom. The Morgan fingerprint density at radius 2 is 1.59 bits per heavy atom. The van der Waals surface area contributed by atoms with Crippen LogP contribution in [0.4, 0.5) is 0 Å². The number of benzene rings is 2. The molecule has 0 heterocycles. The molecule has 112 valence electrons. The van der Waals surface area contributed by atoms with Crippen molar-refractivity contribution < 1.29 is 4.79 Å². The molecule has 1 N–H and O–H groups in total. The predicted octanol–water partition coefficient (Wildman–Crippen LogP) is 3.92. The first-order valence-corrected chi connectivity index (χ1v) is 7.64. The fraction of sp³-hybridized carbons (Fsp3) is 0.176. The third kappa shape index (κ3) is 2.74. The lowest BCUT2D eigenvalue weighted by Gasteiger charge is -2.13. The van der Waals surface area contributed by atoms with Crippen LogP contribution in [0.2, 0.25) is 0 Å². The summed E-state index contributed by atoms with van der Waals surface area (Å²) in [5.74, 6) is -0.268. The molecule has 1 aliphatic carbocycles. The standard InChI is InChI=1S/C17H14Cl2N2O/c18-17(19)11-16(17,14-9-5-2-6-10-14)12-20-21-15(22)13-7-3-1-4-8-13/h1-10,12H,11H2,(H,21,22)/b20-12-/t16-/m0/s1. The zero-order valence-corrected chi connectivity index (χ0v) is 13.2. The van der Waals surface area contributed by atoms with Gasteiger partial charge in [0.25, 0.3) is 5.91 Å². The summed E-state index contributed by atoms with van der Waals surface area (Å²) < 4.78 is -0.894. The number of halogens is 2. The van der Waals surface area contributed by atoms with E-state index in [4.69, 9.17) is 23.2 Å². The molecule has 1 saturated carbocycles. The molecule has 3 rings (SSSR count). The summed E-state index contributed by atoms with van der Waals surface area (Å²) in [6.07, 6.45) is 2.20. The third-order valence-corrected chi connectivity index (χ3v) is 4.75. The summed E-state index contributed by atoms with van der Waals surface area (Å²) in [6, 6.07) is 18.6. The molecule has 1 atom stereocenters. The Bertz CT molecular complexity index is 701. The highest BCUT2D eigenvalue weighted by atomic mass is 35.5. The van der Waals surface area contributed by atoms with Gasteiger partial charge < -0.3 is 0 Å². The summed E-state index contributed by atoms with van der Waals surface area (Å²) in [7, 11) is 0. The predicted molar refractivity (Wildman–Crippen MR) is 89.6 cm³/mol. The molecule has 0 aromatic heterocycles. The van der Waals surface area contributed by atoms with E-state index in [9.17, 15) is 4.79 Å². The second-order valence-corrected chi connectivity index (χ2v) is 6.77. The molecule has 1 amide bonds. The fourth-order valence-corrected chi connectivity index (χ4v) is 3.16. The number of amides is 1. The molecule has 0 saturated heterocycles. The van der Waals surface area contributed by atoms with E-state index >= 15 is 0 Å². The van der Waals surface area contributed by atoms with Gasteiger partial charge in [0, 0.05) is 11.8 Å². The molecular weight excluding hydrogens is 319 g/mol. The monoisotopic (exact) mass is 332 g/mol. The highest BCUT2D eigenvalue weighted by Crippen LogP contribution is 2.63. The lowest BCUT2D eigenvalue weighted by Crippen LogP contribution is -2.22. The van der Waals surface area contributed by atoms with Crippen LogP contribution in [0.5, 0.6) is 0 Å². The van der Waals surface area contributed by atoms with Crippen molar-refractivity contribution in [3.63, 3.8) is 0 Å². The van der Waals surface area contributed by atoms with Crippen molar-refractivity contribution >= 4 is 35.3 Å². The van der Waals surface area contributed by atoms with Crippen LogP contribution in [-0.4, -0.2) is 16.5 Å². The maximum atomic E-state index is 12.0. The molecule has 1 aliphatic rings. The summed E-state index contributed by atoms with van der Waals surface area (Å²) in [5.41, 5.74) is 3.49. The van der Waals surface area contributed by atoms with Crippen molar-refractivity contribution in [3.8, 4) is 0 Å². The van der Waals surface area contributed by atoms with Gasteiger partial charge in [-0.3, -0.25) is 4.79 Å². The third-order valence-electron chi connectivity index (χ3n) is 3.80. The molecule has 0 unspecified atom stereocenters. The van der Waals surface area contributed by atoms with Crippen LogP contribution < -0.4 is 5.43 Å². The molecular formula is C17H14Cl2N2O. The van der Waals surface area contributed by atoms with Gasteiger partial charge in [-0.2, -0.15) is 5.10 Å². The molecule has 0 aliphatic heterocycles. The first kappa shape index (κ1) is 15.1. The summed E-state index contributed by atoms with van der Waals surface area (Å²) in [6.45, 7) is 0. The van der Waals surface area contributed by atoms with Crippen molar-refractivity contribution in [1.29, 1.82) is 0 Å². The van der Waals surface area contributed by atoms with E-state index in [1.165, 1.54) is 0 Å². The van der Waals surface area contributed by atoms with Gasteiger partial charge in [0.2, 0.25) is 0 Å². The van der Waals surface area contributed by atoms with Crippen molar-refractivity contribution in [3.05, 3.63) is 71.8 Å². The molecule has 0 radical (unpaired) electrons. The van der Waals surface area contributed by atoms with Gasteiger partial charge in [0.1, 0.15) is 4.33 Å². The lowest BCUT2D eigenvalue weighted by molar-refractivity contribution is 0.0955. The molecule has 0 bridgehead atoms. The minimum atomic E-state index is -0.894. The molecule has 2 aromatic rings. The van der Waals surface area contributed by atoms with Crippen LogP contribution in [0.25, 0.3) is 0 Å². The van der Waals surface area contributed by atoms with Crippen molar-refractivity contribution in [1.82, 2.24) is 5.43 Å². The van der Waals surface area contributed by atoms with Gasteiger partial charge in [0.05, 0.1) is 5.41 Å². The summed E-state index contributed by atoms with van der Waals surface area (Å²) in [4.78, 5) is 12.0. The van der Waals surface area contributed by atoms with Crippen molar-refractivity contribution in [2.75, 3.05) is 0 Å². The van der Waals surface area contributed by atoms with Gasteiger partial charge in [0.15, 0.2) is 0 Å². The first-order valence-electron chi connectivity index (χ1n) is 6.88. The number of rotatable bonds is 4. The summed E-state index contributed by atoms with van der Waals surface area (Å²) in [5, 5.41) is 4.06. The second-order valence-electron chi connectivity index (χ2n) is 5.28. The maximum absolute atomic E-state index is 12.0. The van der Waals surface area contributed by atoms with E-state index in [1.807, 2.05) is 36.4 Å². The molecule has 2 aromatic carbocycles. The topological polar surface area (TPSA) is 41.5 Å². The number of alkyl halides is 2. The first-order chi connectivity index (χ1) is 10.6. The Kier molecular flexibility index (Phi) is 3.94. The molecule has 22 heavy (non-hydrogen) atoms. The molecule has 1 fully saturated rings. The number of nitrogens with one attached hydrogen (secondary N) is 1. The van der Waals surface area contributed by atoms with Crippen LogP contribution in [-0.2, 0) is 5.41 Å². The van der Waals surface area contributed by atoms with E-state index in [0.717, 1.165) is 5.56 Å². The number of carbonyl (C=O) groups is 1. The lowest BCUT2D eigenvalue weighted by atomic mass is 9.97. The zero-order chi connectivity index (χ0) is 15.6. The van der Waals surface area contributed by atoms with E-state index in [2.05, 4.69) is 10.5 Å². The number of hydrogen-bond acceptors (Lipinski definition) is 2. The van der Waals surface area contributed by atoms with E-state index in [0.29, 0.717) is 12.0 Å². The van der Waals surface area contributed by atoms with Gasteiger partial charge in [-0.1, -0.05) is 48.5 Å². The SMILES string of the molecule is O=C(N/N=C\[C@]1(c2ccccc2)CC1(Cl)Cl)c1ccccc1. The van der Waals surface area contributed by atoms with Crippen molar-refractivity contribution in [2.45, 2.75) is 16.2 Å². The number of hydrogen-bond donors (Lipinski definition) is 1. The minimum absolute atomic E-state index is 0.268. The Balaban J connectivity index is 1.75. The van der Waals surface area contributed by atoms with Crippen LogP contribution in [0.3, 0.4) is 0 Å². The van der Waals surface area contributed by atoms with Gasteiger partial charge in [-0.15, -0.1) is 23.2 Å². The van der Waals surface area contributed by atoms with Crippen LogP contribution in [0, 0.1) is 0 Å². The Morgan fingerprint density at radius 3 is 2.14 bits per heavy atom. The van der Waals surface area contributed by atoms with Crippen LogP contribution in [0.1, 0.15) is 22.3 Å². The number of carbonyl (C=O) groups excluding carboxylic acids is 1. The Labute approximate surface area is 138 Å². The minimum Gasteiger partial charge on any atom is -0.267 e. The quantitative estimate of drug-likeness (QED) is 0.514. The largest absolute Gasteiger partial charge is 0.271 e. The smallest absolute Gasteiger partial charge is 0.267 e. The number of hydrazone groups is 1. The molecule has 3 nitrogen and oxygen atoms in total. The van der Waals surface area contributed by atoms with E-state index in [1.54, 1.807) is 30.5 Å². The number of nitrogens with zero attached hydrogens (tertiary/aromatic N) is 1. The van der Waals surface area contributed by atoms with Gasteiger partial charge >= 0.3 is 0 Å². The zero-order valence-electron chi connectivity index (χ0n) is 11.7. The summed E-state index contributed by atoms with van der Waals surface area (Å²) >= 11 is 12.6. The normalized spacial score (nSPS) is 22.5. The van der Waals surface area contributed by atoms with E-state index < -0.39 is 9.75 Å². The second kappa shape index (κ2) is 5.75. The average molecular weight is 333 g/mol. The van der Waals surface area contributed by atoms with Crippen LogP contribution in [0.15, 0.2) is 65.8 Å². The molecule has 0 spiro atoms.